The van der Waals surface area contributed by atoms with Crippen molar-refractivity contribution in [3.05, 3.63) is 72.7 Å². The third kappa shape index (κ3) is 5.39. The number of nitrogens with zero attached hydrogens (tertiary/aromatic N) is 7. The first kappa shape index (κ1) is 25.5. The molecule has 3 aromatic heterocycles. The molecule has 2 aliphatic rings. The van der Waals surface area contributed by atoms with Gasteiger partial charge in [-0.3, -0.25) is 4.98 Å². The molecule has 2 N–H and O–H groups in total. The smallest absolute Gasteiger partial charge is 0.142 e. The molecule has 1 aromatic carbocycles. The van der Waals surface area contributed by atoms with Crippen LogP contribution in [0.3, 0.4) is 0 Å². The van der Waals surface area contributed by atoms with E-state index in [0.29, 0.717) is 17.7 Å². The van der Waals surface area contributed by atoms with E-state index < -0.39 is 0 Å². The minimum atomic E-state index is 0.388. The number of piperidine rings is 1. The van der Waals surface area contributed by atoms with Gasteiger partial charge in [-0.25, -0.2) is 15.0 Å². The van der Waals surface area contributed by atoms with Crippen LogP contribution in [0.15, 0.2) is 61.2 Å². The number of nitrogen functional groups attached to an aromatic ring is 1. The first-order valence-corrected chi connectivity index (χ1v) is 14.2. The summed E-state index contributed by atoms with van der Waals surface area (Å²) in [6.07, 6.45) is 9.11. The van der Waals surface area contributed by atoms with Crippen LogP contribution in [0.1, 0.15) is 56.5 Å². The summed E-state index contributed by atoms with van der Waals surface area (Å²) in [5.41, 5.74) is 11.6. The first-order valence-electron chi connectivity index (χ1n) is 14.2. The fraction of sp³-hybridized carbons (Fsp3) is 0.419. The van der Waals surface area contributed by atoms with E-state index in [4.69, 9.17) is 10.7 Å². The van der Waals surface area contributed by atoms with E-state index in [-0.39, 0.29) is 0 Å². The molecule has 2 aliphatic heterocycles. The summed E-state index contributed by atoms with van der Waals surface area (Å²) in [6.45, 7) is 10.7. The third-order valence-corrected chi connectivity index (χ3v) is 8.16. The molecule has 0 aliphatic carbocycles. The molecular formula is C31H38N8. The second-order valence-corrected chi connectivity index (χ2v) is 11.1. The first-order chi connectivity index (χ1) is 19.1. The van der Waals surface area contributed by atoms with Crippen LogP contribution in [-0.2, 0) is 6.54 Å². The second kappa shape index (κ2) is 11.1. The van der Waals surface area contributed by atoms with Gasteiger partial charge in [-0.1, -0.05) is 44.2 Å². The van der Waals surface area contributed by atoms with E-state index >= 15 is 0 Å². The Bertz CT molecular complexity index is 1400. The van der Waals surface area contributed by atoms with Gasteiger partial charge in [0.1, 0.15) is 23.8 Å². The normalized spacial score (nSPS) is 16.5. The Morgan fingerprint density at radius 1 is 0.923 bits per heavy atom. The summed E-state index contributed by atoms with van der Waals surface area (Å²) in [5, 5.41) is 0. The fourth-order valence-electron chi connectivity index (χ4n) is 5.71. The molecule has 2 saturated heterocycles. The molecule has 0 spiro atoms. The van der Waals surface area contributed by atoms with E-state index in [1.807, 2.05) is 24.4 Å². The van der Waals surface area contributed by atoms with Crippen LogP contribution in [0, 0.1) is 0 Å². The second-order valence-electron chi connectivity index (χ2n) is 11.1. The largest absolute Gasteiger partial charge is 0.383 e. The van der Waals surface area contributed by atoms with Crippen molar-refractivity contribution in [1.82, 2.24) is 29.4 Å². The van der Waals surface area contributed by atoms with E-state index in [0.717, 1.165) is 72.9 Å². The average Bonchev–Trinajstić information content (AvgIpc) is 3.37. The number of pyridine rings is 1. The predicted octanol–water partition coefficient (Wildman–Crippen LogP) is 5.20. The van der Waals surface area contributed by atoms with Gasteiger partial charge in [-0.15, -0.1) is 0 Å². The summed E-state index contributed by atoms with van der Waals surface area (Å²) in [7, 11) is 0. The predicted molar refractivity (Wildman–Crippen MR) is 157 cm³/mol. The van der Waals surface area contributed by atoms with Crippen molar-refractivity contribution in [2.75, 3.05) is 43.4 Å². The number of hydrogen-bond acceptors (Lipinski definition) is 7. The van der Waals surface area contributed by atoms with Gasteiger partial charge >= 0.3 is 0 Å². The molecule has 6 rings (SSSR count). The van der Waals surface area contributed by atoms with E-state index in [1.54, 1.807) is 6.33 Å². The quantitative estimate of drug-likeness (QED) is 0.340. The fourth-order valence-corrected chi connectivity index (χ4v) is 5.71. The van der Waals surface area contributed by atoms with Gasteiger partial charge in [0.2, 0.25) is 0 Å². The lowest BCUT2D eigenvalue weighted by atomic mass is 9.95. The Hall–Kier alpha value is -3.78. The third-order valence-electron chi connectivity index (χ3n) is 8.16. The number of likely N-dealkylation sites (tertiary alicyclic amines) is 1. The molecule has 0 atom stereocenters. The van der Waals surface area contributed by atoms with Crippen molar-refractivity contribution in [2.45, 2.75) is 51.5 Å². The molecule has 5 heterocycles. The van der Waals surface area contributed by atoms with Crippen molar-refractivity contribution >= 4 is 11.6 Å². The van der Waals surface area contributed by atoms with Crippen LogP contribution in [0.25, 0.3) is 22.4 Å². The Morgan fingerprint density at radius 2 is 1.72 bits per heavy atom. The molecule has 0 unspecified atom stereocenters. The SMILES string of the molecule is CC(C)c1cc(-c2cn(CCN3CCC3)c(C3CCN(c4ncnc(N)c4-c4ccccc4)CC3)n2)ccn1. The van der Waals surface area contributed by atoms with Gasteiger partial charge < -0.3 is 20.1 Å². The molecule has 39 heavy (non-hydrogen) atoms. The lowest BCUT2D eigenvalue weighted by Crippen LogP contribution is -2.39. The van der Waals surface area contributed by atoms with Crippen LogP contribution >= 0.6 is 0 Å². The summed E-state index contributed by atoms with van der Waals surface area (Å²) >= 11 is 0. The van der Waals surface area contributed by atoms with Gasteiger partial charge in [0, 0.05) is 55.7 Å². The lowest BCUT2D eigenvalue weighted by Gasteiger charge is -2.34. The maximum absolute atomic E-state index is 6.36. The van der Waals surface area contributed by atoms with Crippen LogP contribution in [-0.4, -0.2) is 62.1 Å². The maximum Gasteiger partial charge on any atom is 0.142 e. The highest BCUT2D eigenvalue weighted by Gasteiger charge is 2.28. The summed E-state index contributed by atoms with van der Waals surface area (Å²) in [4.78, 5) is 23.7. The number of aromatic nitrogens is 5. The van der Waals surface area contributed by atoms with Crippen LogP contribution in [0.2, 0.25) is 0 Å². The van der Waals surface area contributed by atoms with E-state index in [9.17, 15) is 0 Å². The van der Waals surface area contributed by atoms with Gasteiger partial charge in [0.15, 0.2) is 0 Å². The number of hydrogen-bond donors (Lipinski definition) is 1. The molecule has 0 bridgehead atoms. The molecule has 4 aromatic rings. The average molecular weight is 523 g/mol. The topological polar surface area (TPSA) is 89.0 Å². The van der Waals surface area contributed by atoms with Crippen molar-refractivity contribution in [1.29, 1.82) is 0 Å². The Morgan fingerprint density at radius 3 is 2.44 bits per heavy atom. The zero-order chi connectivity index (χ0) is 26.8. The molecule has 0 amide bonds. The lowest BCUT2D eigenvalue weighted by molar-refractivity contribution is 0.173. The monoisotopic (exact) mass is 522 g/mol. The molecule has 8 heteroatoms. The van der Waals surface area contributed by atoms with Crippen molar-refractivity contribution in [3.8, 4) is 22.4 Å². The minimum Gasteiger partial charge on any atom is -0.383 e. The van der Waals surface area contributed by atoms with Crippen molar-refractivity contribution in [2.24, 2.45) is 0 Å². The highest BCUT2D eigenvalue weighted by atomic mass is 15.2. The van der Waals surface area contributed by atoms with Crippen molar-refractivity contribution < 1.29 is 0 Å². The van der Waals surface area contributed by atoms with Gasteiger partial charge in [-0.05, 0) is 56.0 Å². The Labute approximate surface area is 230 Å². The Kier molecular flexibility index (Phi) is 7.28. The van der Waals surface area contributed by atoms with E-state index in [2.05, 4.69) is 73.6 Å². The van der Waals surface area contributed by atoms with Crippen LogP contribution in [0.4, 0.5) is 11.6 Å². The molecule has 8 nitrogen and oxygen atoms in total. The van der Waals surface area contributed by atoms with Gasteiger partial charge in [0.25, 0.3) is 0 Å². The zero-order valence-corrected chi connectivity index (χ0v) is 23.0. The van der Waals surface area contributed by atoms with Crippen LogP contribution in [0.5, 0.6) is 0 Å². The molecule has 0 radical (unpaired) electrons. The van der Waals surface area contributed by atoms with E-state index in [1.165, 1.54) is 25.3 Å². The number of nitrogens with two attached hydrogens (primary N) is 1. The minimum absolute atomic E-state index is 0.388. The standard InChI is InChI=1S/C31H38N8/c1-22(2)26-19-25(9-12-33-26)27-20-39(18-17-37-13-6-14-37)30(36-27)24-10-15-38(16-11-24)31-28(29(32)34-21-35-31)23-7-4-3-5-8-23/h3-5,7-9,12,19-22,24H,6,10-11,13-18H2,1-2H3,(H2,32,34,35). The van der Waals surface area contributed by atoms with Crippen LogP contribution < -0.4 is 10.6 Å². The molecule has 2 fully saturated rings. The number of anilines is 2. The number of benzene rings is 1. The maximum atomic E-state index is 6.36. The highest BCUT2D eigenvalue weighted by molar-refractivity contribution is 5.84. The zero-order valence-electron chi connectivity index (χ0n) is 23.0. The number of rotatable bonds is 8. The summed E-state index contributed by atoms with van der Waals surface area (Å²) in [5.74, 6) is 3.44. The van der Waals surface area contributed by atoms with Crippen molar-refractivity contribution in [3.63, 3.8) is 0 Å². The molecular weight excluding hydrogens is 484 g/mol. The summed E-state index contributed by atoms with van der Waals surface area (Å²) in [6, 6.07) is 14.5. The molecule has 0 saturated carbocycles. The highest BCUT2D eigenvalue weighted by Crippen LogP contribution is 2.37. The van der Waals surface area contributed by atoms with Gasteiger partial charge in [0.05, 0.1) is 11.3 Å². The molecule has 202 valence electrons. The summed E-state index contributed by atoms with van der Waals surface area (Å²) < 4.78 is 2.42. The Balaban J connectivity index is 1.25. The number of imidazole rings is 1. The van der Waals surface area contributed by atoms with Gasteiger partial charge in [-0.2, -0.15) is 0 Å².